The van der Waals surface area contributed by atoms with Gasteiger partial charge in [0, 0.05) is 12.7 Å². The maximum absolute atomic E-state index is 10.0. The maximum atomic E-state index is 10.0. The largest absolute Gasteiger partial charge is 0.507 e. The van der Waals surface area contributed by atoms with Gasteiger partial charge in [-0.05, 0) is 24.6 Å². The van der Waals surface area contributed by atoms with Gasteiger partial charge in [0.1, 0.15) is 17.1 Å². The molecule has 0 spiro atoms. The zero-order valence-corrected chi connectivity index (χ0v) is 10.7. The average molecular weight is 253 g/mol. The van der Waals surface area contributed by atoms with Crippen molar-refractivity contribution in [2.45, 2.75) is 19.9 Å². The van der Waals surface area contributed by atoms with E-state index in [1.165, 1.54) is 0 Å². The number of phenols is 1. The first-order valence-corrected chi connectivity index (χ1v) is 6.40. The Morgan fingerprint density at radius 2 is 2.05 bits per heavy atom. The van der Waals surface area contributed by atoms with Crippen molar-refractivity contribution in [3.8, 4) is 17.1 Å². The highest BCUT2D eigenvalue weighted by atomic mass is 16.3. The second kappa shape index (κ2) is 4.72. The SMILES string of the molecule is CCCn1c(-c2ccccc2O)nc2cnccc21. The molecular formula is C15H15N3O. The number of nitrogens with zero attached hydrogens (tertiary/aromatic N) is 3. The normalized spacial score (nSPS) is 11.0. The summed E-state index contributed by atoms with van der Waals surface area (Å²) in [5.74, 6) is 1.05. The number of aromatic hydroxyl groups is 1. The lowest BCUT2D eigenvalue weighted by Crippen LogP contribution is -1.99. The number of imidazole rings is 1. The summed E-state index contributed by atoms with van der Waals surface area (Å²) < 4.78 is 2.13. The van der Waals surface area contributed by atoms with Crippen LogP contribution in [0.4, 0.5) is 0 Å². The van der Waals surface area contributed by atoms with E-state index >= 15 is 0 Å². The number of para-hydroxylation sites is 1. The fourth-order valence-corrected chi connectivity index (χ4v) is 2.30. The molecule has 0 fully saturated rings. The van der Waals surface area contributed by atoms with Crippen LogP contribution in [0, 0.1) is 0 Å². The van der Waals surface area contributed by atoms with E-state index in [1.54, 1.807) is 18.5 Å². The Hall–Kier alpha value is -2.36. The molecule has 3 rings (SSSR count). The van der Waals surface area contributed by atoms with Crippen LogP contribution in [-0.2, 0) is 6.54 Å². The lowest BCUT2D eigenvalue weighted by atomic mass is 10.2. The van der Waals surface area contributed by atoms with Gasteiger partial charge in [0.25, 0.3) is 0 Å². The predicted octanol–water partition coefficient (Wildman–Crippen LogP) is 3.21. The number of pyridine rings is 1. The molecule has 0 aliphatic rings. The summed E-state index contributed by atoms with van der Waals surface area (Å²) in [6.45, 7) is 2.99. The molecule has 96 valence electrons. The quantitative estimate of drug-likeness (QED) is 0.779. The average Bonchev–Trinajstić information content (AvgIpc) is 2.79. The van der Waals surface area contributed by atoms with E-state index in [0.717, 1.165) is 35.4 Å². The summed E-state index contributed by atoms with van der Waals surface area (Å²) in [7, 11) is 0. The van der Waals surface area contributed by atoms with Gasteiger partial charge < -0.3 is 9.67 Å². The Labute approximate surface area is 111 Å². The third-order valence-corrected chi connectivity index (χ3v) is 3.14. The van der Waals surface area contributed by atoms with E-state index in [2.05, 4.69) is 21.5 Å². The van der Waals surface area contributed by atoms with Crippen LogP contribution in [0.5, 0.6) is 5.75 Å². The maximum Gasteiger partial charge on any atom is 0.144 e. The number of benzene rings is 1. The van der Waals surface area contributed by atoms with Crippen LogP contribution in [0.25, 0.3) is 22.4 Å². The molecule has 0 aliphatic carbocycles. The monoisotopic (exact) mass is 253 g/mol. The van der Waals surface area contributed by atoms with Crippen molar-refractivity contribution in [2.24, 2.45) is 0 Å². The second-order valence-corrected chi connectivity index (χ2v) is 4.47. The molecule has 0 amide bonds. The van der Waals surface area contributed by atoms with Crippen molar-refractivity contribution in [1.29, 1.82) is 0 Å². The third-order valence-electron chi connectivity index (χ3n) is 3.14. The Bertz CT molecular complexity index is 718. The first kappa shape index (κ1) is 11.7. The minimum absolute atomic E-state index is 0.253. The van der Waals surface area contributed by atoms with Gasteiger partial charge in [-0.2, -0.15) is 0 Å². The van der Waals surface area contributed by atoms with Crippen LogP contribution in [-0.4, -0.2) is 19.6 Å². The van der Waals surface area contributed by atoms with E-state index < -0.39 is 0 Å². The highest BCUT2D eigenvalue weighted by Crippen LogP contribution is 2.30. The first-order valence-electron chi connectivity index (χ1n) is 6.40. The third kappa shape index (κ3) is 1.95. The fraction of sp³-hybridized carbons (Fsp3) is 0.200. The minimum atomic E-state index is 0.253. The number of aryl methyl sites for hydroxylation is 1. The van der Waals surface area contributed by atoms with Crippen LogP contribution < -0.4 is 0 Å². The predicted molar refractivity (Wildman–Crippen MR) is 74.9 cm³/mol. The Balaban J connectivity index is 2.28. The molecule has 1 N–H and O–H groups in total. The van der Waals surface area contributed by atoms with Gasteiger partial charge in [0.05, 0.1) is 17.3 Å². The number of rotatable bonds is 3. The summed E-state index contributed by atoms with van der Waals surface area (Å²) in [5.41, 5.74) is 2.66. The molecule has 2 heterocycles. The molecule has 3 aromatic rings. The van der Waals surface area contributed by atoms with Crippen molar-refractivity contribution in [3.05, 3.63) is 42.7 Å². The molecule has 1 aromatic carbocycles. The highest BCUT2D eigenvalue weighted by Gasteiger charge is 2.14. The molecule has 0 aliphatic heterocycles. The van der Waals surface area contributed by atoms with Crippen LogP contribution >= 0.6 is 0 Å². The van der Waals surface area contributed by atoms with E-state index in [4.69, 9.17) is 0 Å². The molecule has 2 aromatic heterocycles. The van der Waals surface area contributed by atoms with Crippen LogP contribution in [0.1, 0.15) is 13.3 Å². The number of fused-ring (bicyclic) bond motifs is 1. The molecule has 0 saturated heterocycles. The summed E-state index contributed by atoms with van der Waals surface area (Å²) in [6, 6.07) is 9.25. The summed E-state index contributed by atoms with van der Waals surface area (Å²) in [5, 5.41) is 10.0. The number of hydrogen-bond donors (Lipinski definition) is 1. The fourth-order valence-electron chi connectivity index (χ4n) is 2.30. The van der Waals surface area contributed by atoms with E-state index in [9.17, 15) is 5.11 Å². The molecule has 0 saturated carbocycles. The van der Waals surface area contributed by atoms with Crippen molar-refractivity contribution in [3.63, 3.8) is 0 Å². The smallest absolute Gasteiger partial charge is 0.144 e. The lowest BCUT2D eigenvalue weighted by molar-refractivity contribution is 0.476. The van der Waals surface area contributed by atoms with Gasteiger partial charge in [-0.3, -0.25) is 4.98 Å². The molecule has 0 unspecified atom stereocenters. The summed E-state index contributed by atoms with van der Waals surface area (Å²) in [4.78, 5) is 8.71. The standard InChI is InChI=1S/C15H15N3O/c1-2-9-18-13-7-8-16-10-12(13)17-15(18)11-5-3-4-6-14(11)19/h3-8,10,19H,2,9H2,1H3. The van der Waals surface area contributed by atoms with Crippen LogP contribution in [0.3, 0.4) is 0 Å². The highest BCUT2D eigenvalue weighted by molar-refractivity contribution is 5.81. The lowest BCUT2D eigenvalue weighted by Gasteiger charge is -2.08. The minimum Gasteiger partial charge on any atom is -0.507 e. The molecule has 0 atom stereocenters. The zero-order chi connectivity index (χ0) is 13.2. The molecular weight excluding hydrogens is 238 g/mol. The topological polar surface area (TPSA) is 50.9 Å². The van der Waals surface area contributed by atoms with Crippen molar-refractivity contribution >= 4 is 11.0 Å². The number of aromatic nitrogens is 3. The summed E-state index contributed by atoms with van der Waals surface area (Å²) in [6.07, 6.45) is 4.53. The van der Waals surface area contributed by atoms with Crippen LogP contribution in [0.15, 0.2) is 42.7 Å². The first-order chi connectivity index (χ1) is 9.31. The number of hydrogen-bond acceptors (Lipinski definition) is 3. The second-order valence-electron chi connectivity index (χ2n) is 4.47. The van der Waals surface area contributed by atoms with Crippen molar-refractivity contribution in [1.82, 2.24) is 14.5 Å². The Kier molecular flexibility index (Phi) is 2.91. The van der Waals surface area contributed by atoms with Gasteiger partial charge in [-0.15, -0.1) is 0 Å². The zero-order valence-electron chi connectivity index (χ0n) is 10.7. The Morgan fingerprint density at radius 3 is 2.84 bits per heavy atom. The van der Waals surface area contributed by atoms with Crippen molar-refractivity contribution < 1.29 is 5.11 Å². The van der Waals surface area contributed by atoms with E-state index in [-0.39, 0.29) is 5.75 Å². The molecule has 0 radical (unpaired) electrons. The van der Waals surface area contributed by atoms with E-state index in [1.807, 2.05) is 24.3 Å². The molecule has 19 heavy (non-hydrogen) atoms. The van der Waals surface area contributed by atoms with Gasteiger partial charge in [-0.25, -0.2) is 4.98 Å². The molecule has 0 bridgehead atoms. The Morgan fingerprint density at radius 1 is 1.21 bits per heavy atom. The van der Waals surface area contributed by atoms with Gasteiger partial charge in [0.15, 0.2) is 0 Å². The van der Waals surface area contributed by atoms with Gasteiger partial charge in [0.2, 0.25) is 0 Å². The number of phenolic OH excluding ortho intramolecular Hbond substituents is 1. The molecule has 4 heteroatoms. The van der Waals surface area contributed by atoms with Gasteiger partial charge >= 0.3 is 0 Å². The van der Waals surface area contributed by atoms with Crippen LogP contribution in [0.2, 0.25) is 0 Å². The molecule has 4 nitrogen and oxygen atoms in total. The summed E-state index contributed by atoms with van der Waals surface area (Å²) >= 11 is 0. The van der Waals surface area contributed by atoms with Gasteiger partial charge in [-0.1, -0.05) is 19.1 Å². The van der Waals surface area contributed by atoms with Crippen molar-refractivity contribution in [2.75, 3.05) is 0 Å². The van der Waals surface area contributed by atoms with E-state index in [0.29, 0.717) is 0 Å².